The molecule has 4 heteroatoms. The Kier molecular flexibility index (Phi) is 4.51. The van der Waals surface area contributed by atoms with Crippen LogP contribution < -0.4 is 0 Å². The highest BCUT2D eigenvalue weighted by atomic mass is 79.9. The first kappa shape index (κ1) is 16.4. The molecule has 2 unspecified atom stereocenters. The topological polar surface area (TPSA) is 29.5 Å². The van der Waals surface area contributed by atoms with Crippen LogP contribution in [-0.2, 0) is 9.53 Å². The minimum atomic E-state index is 0.0556. The second-order valence-corrected chi connectivity index (χ2v) is 10.6. The van der Waals surface area contributed by atoms with Crippen molar-refractivity contribution in [2.45, 2.75) is 68.5 Å². The molecule has 4 saturated carbocycles. The Labute approximate surface area is 148 Å². The Balaban J connectivity index is 1.27. The second-order valence-electron chi connectivity index (χ2n) is 8.91. The number of hydrogen-bond donors (Lipinski definition) is 0. The molecule has 3 nitrogen and oxygen atoms in total. The predicted molar refractivity (Wildman–Crippen MR) is 94.6 cm³/mol. The number of halogens is 1. The molecule has 4 atom stereocenters. The molecule has 5 fully saturated rings. The molecule has 0 radical (unpaired) electrons. The van der Waals surface area contributed by atoms with Gasteiger partial charge in [0.15, 0.2) is 0 Å². The van der Waals surface area contributed by atoms with E-state index in [0.717, 1.165) is 18.4 Å². The summed E-state index contributed by atoms with van der Waals surface area (Å²) in [5, 5.41) is 0. The van der Waals surface area contributed by atoms with Crippen molar-refractivity contribution in [1.82, 2.24) is 4.90 Å². The number of piperidine rings is 1. The minimum Gasteiger partial charge on any atom is -0.464 e. The smallest absolute Gasteiger partial charge is 0.306 e. The van der Waals surface area contributed by atoms with E-state index in [0.29, 0.717) is 17.4 Å². The summed E-state index contributed by atoms with van der Waals surface area (Å²) in [4.78, 5) is 14.9. The number of ether oxygens (including phenoxy) is 1. The van der Waals surface area contributed by atoms with Gasteiger partial charge in [0.05, 0.1) is 6.42 Å². The lowest BCUT2D eigenvalue weighted by Gasteiger charge is -2.60. The van der Waals surface area contributed by atoms with Crippen molar-refractivity contribution < 1.29 is 9.53 Å². The fourth-order valence-corrected chi connectivity index (χ4v) is 7.88. The van der Waals surface area contributed by atoms with Crippen molar-refractivity contribution in [3.8, 4) is 0 Å². The van der Waals surface area contributed by atoms with Crippen LogP contribution >= 0.6 is 15.9 Å². The molecule has 5 aliphatic rings. The molecule has 1 saturated heterocycles. The van der Waals surface area contributed by atoms with E-state index in [1.54, 1.807) is 0 Å². The van der Waals surface area contributed by atoms with Gasteiger partial charge in [-0.3, -0.25) is 9.69 Å². The summed E-state index contributed by atoms with van der Waals surface area (Å²) < 4.78 is 5.96. The summed E-state index contributed by atoms with van der Waals surface area (Å²) in [6, 6.07) is 0. The van der Waals surface area contributed by atoms with Gasteiger partial charge in [-0.2, -0.15) is 0 Å². The van der Waals surface area contributed by atoms with Crippen molar-refractivity contribution in [3.63, 3.8) is 0 Å². The number of rotatable bonds is 5. The van der Waals surface area contributed by atoms with E-state index in [2.05, 4.69) is 20.8 Å². The molecular formula is C19H30BrNO2. The van der Waals surface area contributed by atoms with Crippen LogP contribution in [0.3, 0.4) is 0 Å². The zero-order valence-electron chi connectivity index (χ0n) is 14.2. The number of carbonyl (C=O) groups excluding carboxylic acids is 1. The first-order chi connectivity index (χ1) is 11.0. The first-order valence-electron chi connectivity index (χ1n) is 9.61. The van der Waals surface area contributed by atoms with Crippen LogP contribution in [0.4, 0.5) is 0 Å². The van der Waals surface area contributed by atoms with Crippen molar-refractivity contribution in [1.29, 1.82) is 0 Å². The minimum absolute atomic E-state index is 0.0556. The average Bonchev–Trinajstić information content (AvgIpc) is 2.45. The largest absolute Gasteiger partial charge is 0.464 e. The number of hydrogen-bond acceptors (Lipinski definition) is 3. The van der Waals surface area contributed by atoms with Gasteiger partial charge in [0.2, 0.25) is 0 Å². The number of esters is 1. The molecule has 0 amide bonds. The summed E-state index contributed by atoms with van der Waals surface area (Å²) in [5.41, 5.74) is 0.246. The normalized spacial score (nSPS) is 42.8. The second kappa shape index (κ2) is 6.33. The molecule has 1 heterocycles. The van der Waals surface area contributed by atoms with Gasteiger partial charge in [0.25, 0.3) is 0 Å². The molecule has 0 N–H and O–H groups in total. The number of alkyl halides is 1. The van der Waals surface area contributed by atoms with Crippen LogP contribution in [0.5, 0.6) is 0 Å². The van der Waals surface area contributed by atoms with Crippen molar-refractivity contribution in [2.75, 3.05) is 26.2 Å². The predicted octanol–water partition coefficient (Wildman–Crippen LogP) is 4.14. The van der Waals surface area contributed by atoms with Crippen molar-refractivity contribution in [3.05, 3.63) is 0 Å². The van der Waals surface area contributed by atoms with E-state index in [1.807, 2.05) is 0 Å². The van der Waals surface area contributed by atoms with E-state index < -0.39 is 0 Å². The fraction of sp³-hybridized carbons (Fsp3) is 0.947. The van der Waals surface area contributed by atoms with Gasteiger partial charge in [-0.05, 0) is 81.7 Å². The van der Waals surface area contributed by atoms with E-state index in [9.17, 15) is 4.79 Å². The molecule has 1 aliphatic heterocycles. The summed E-state index contributed by atoms with van der Waals surface area (Å²) in [7, 11) is 0. The number of carbonyl (C=O) groups is 1. The highest BCUT2D eigenvalue weighted by Crippen LogP contribution is 2.65. The highest BCUT2D eigenvalue weighted by Gasteiger charge is 2.57. The molecule has 0 aromatic heterocycles. The molecule has 4 bridgehead atoms. The quantitative estimate of drug-likeness (QED) is 0.527. The van der Waals surface area contributed by atoms with E-state index in [4.69, 9.17) is 4.74 Å². The summed E-state index contributed by atoms with van der Waals surface area (Å²) in [6.45, 7) is 3.86. The van der Waals surface area contributed by atoms with E-state index >= 15 is 0 Å². The Morgan fingerprint density at radius 1 is 1.09 bits per heavy atom. The molecule has 23 heavy (non-hydrogen) atoms. The van der Waals surface area contributed by atoms with Crippen molar-refractivity contribution >= 4 is 21.9 Å². The molecule has 5 rings (SSSR count). The van der Waals surface area contributed by atoms with Gasteiger partial charge in [-0.25, -0.2) is 0 Å². The van der Waals surface area contributed by atoms with Crippen LogP contribution in [0.2, 0.25) is 0 Å². The van der Waals surface area contributed by atoms with Crippen LogP contribution in [0, 0.1) is 17.3 Å². The van der Waals surface area contributed by atoms with Crippen molar-refractivity contribution in [2.24, 2.45) is 17.3 Å². The summed E-state index contributed by atoms with van der Waals surface area (Å²) in [6.07, 6.45) is 12.4. The zero-order chi connectivity index (χ0) is 15.9. The summed E-state index contributed by atoms with van der Waals surface area (Å²) in [5.74, 6) is 1.74. The van der Waals surface area contributed by atoms with Gasteiger partial charge in [0, 0.05) is 10.9 Å². The number of likely N-dealkylation sites (tertiary alicyclic amines) is 1. The van der Waals surface area contributed by atoms with Crippen LogP contribution in [-0.4, -0.2) is 41.4 Å². The Bertz CT molecular complexity index is 446. The molecule has 4 aliphatic carbocycles. The average molecular weight is 384 g/mol. The molecule has 130 valence electrons. The van der Waals surface area contributed by atoms with Crippen LogP contribution in [0.15, 0.2) is 0 Å². The lowest BCUT2D eigenvalue weighted by molar-refractivity contribution is -0.151. The Morgan fingerprint density at radius 2 is 1.78 bits per heavy atom. The zero-order valence-corrected chi connectivity index (χ0v) is 15.8. The maximum absolute atomic E-state index is 12.4. The Hall–Kier alpha value is -0.0900. The number of nitrogens with zero attached hydrogens (tertiary/aromatic N) is 1. The molecular weight excluding hydrogens is 354 g/mol. The molecule has 0 aromatic carbocycles. The lowest BCUT2D eigenvalue weighted by atomic mass is 9.49. The van der Waals surface area contributed by atoms with E-state index in [1.165, 1.54) is 70.9 Å². The van der Waals surface area contributed by atoms with E-state index in [-0.39, 0.29) is 11.4 Å². The summed E-state index contributed by atoms with van der Waals surface area (Å²) >= 11 is 4.03. The van der Waals surface area contributed by atoms with Gasteiger partial charge < -0.3 is 4.74 Å². The molecule has 0 spiro atoms. The molecule has 0 aromatic rings. The first-order valence-corrected chi connectivity index (χ1v) is 10.4. The van der Waals surface area contributed by atoms with Crippen LogP contribution in [0.25, 0.3) is 0 Å². The highest BCUT2D eigenvalue weighted by molar-refractivity contribution is 9.10. The SMILES string of the molecule is O=C(CC12C[C@@H]3C[C@@H](CC(Br)(C3)C1)C2)OCCN1CCCCC1. The third-order valence-corrected chi connectivity index (χ3v) is 7.68. The standard InChI is InChI=1S/C19H30BrNO2/c20-19-11-15-8-16(12-19)10-18(9-15,14-19)13-17(22)23-7-6-21-4-2-1-3-5-21/h15-16H,1-14H2/t15-,16+,18?,19?. The monoisotopic (exact) mass is 383 g/mol. The third kappa shape index (κ3) is 3.63. The van der Waals surface area contributed by atoms with Gasteiger partial charge >= 0.3 is 5.97 Å². The van der Waals surface area contributed by atoms with Gasteiger partial charge in [0.1, 0.15) is 6.61 Å². The third-order valence-electron chi connectivity index (χ3n) is 6.75. The van der Waals surface area contributed by atoms with Gasteiger partial charge in [-0.15, -0.1) is 0 Å². The lowest BCUT2D eigenvalue weighted by Crippen LogP contribution is -2.53. The maximum atomic E-state index is 12.4. The van der Waals surface area contributed by atoms with Gasteiger partial charge in [-0.1, -0.05) is 22.4 Å². The van der Waals surface area contributed by atoms with Crippen LogP contribution in [0.1, 0.15) is 64.2 Å². The fourth-order valence-electron chi connectivity index (χ4n) is 6.37. The maximum Gasteiger partial charge on any atom is 0.306 e. The Morgan fingerprint density at radius 3 is 2.43 bits per heavy atom.